The number of aliphatic carboxylic acids is 1. The summed E-state index contributed by atoms with van der Waals surface area (Å²) < 4.78 is 4.75. The molecule has 3 amide bonds. The van der Waals surface area contributed by atoms with Gasteiger partial charge in [0.05, 0.1) is 6.61 Å². The minimum atomic E-state index is -1.14. The number of nitrogens with zero attached hydrogens (tertiary/aromatic N) is 1. The van der Waals surface area contributed by atoms with Gasteiger partial charge < -0.3 is 25.4 Å². The van der Waals surface area contributed by atoms with Crippen molar-refractivity contribution >= 4 is 17.9 Å². The third-order valence-corrected chi connectivity index (χ3v) is 2.07. The molecule has 0 saturated carbocycles. The first kappa shape index (κ1) is 16.2. The molecule has 0 bridgehead atoms. The number of rotatable bonds is 7. The number of carbonyl (C=O) groups is 3. The summed E-state index contributed by atoms with van der Waals surface area (Å²) in [6.07, 6.45) is 0. The second kappa shape index (κ2) is 8.29. The van der Waals surface area contributed by atoms with Crippen LogP contribution in [-0.2, 0) is 14.3 Å². The quantitative estimate of drug-likeness (QED) is 0.502. The molecule has 104 valence electrons. The van der Waals surface area contributed by atoms with Gasteiger partial charge in [-0.05, 0) is 6.92 Å². The van der Waals surface area contributed by atoms with Crippen molar-refractivity contribution in [3.8, 4) is 0 Å². The molecule has 18 heavy (non-hydrogen) atoms. The van der Waals surface area contributed by atoms with Crippen molar-refractivity contribution in [2.75, 3.05) is 33.9 Å². The van der Waals surface area contributed by atoms with Crippen LogP contribution >= 0.6 is 0 Å². The first-order valence-corrected chi connectivity index (χ1v) is 5.38. The van der Waals surface area contributed by atoms with Gasteiger partial charge in [-0.15, -0.1) is 0 Å². The van der Waals surface area contributed by atoms with Gasteiger partial charge in [0.1, 0.15) is 12.6 Å². The summed E-state index contributed by atoms with van der Waals surface area (Å²) in [5.41, 5.74) is 0. The third kappa shape index (κ3) is 6.69. The number of hydrogen-bond acceptors (Lipinski definition) is 4. The summed E-state index contributed by atoms with van der Waals surface area (Å²) in [5, 5.41) is 13.4. The maximum absolute atomic E-state index is 11.5. The van der Waals surface area contributed by atoms with Crippen molar-refractivity contribution in [1.29, 1.82) is 0 Å². The number of nitrogens with one attached hydrogen (secondary N) is 2. The monoisotopic (exact) mass is 261 g/mol. The van der Waals surface area contributed by atoms with E-state index in [1.165, 1.54) is 21.1 Å². The maximum atomic E-state index is 11.5. The van der Waals surface area contributed by atoms with Gasteiger partial charge in [0.2, 0.25) is 5.91 Å². The SMILES string of the molecule is COCCNC(=O)CN(C)C(=O)NC(C)C(=O)O. The molecule has 0 aliphatic rings. The Balaban J connectivity index is 4.00. The number of carboxylic acids is 1. The molecule has 8 heteroatoms. The number of methoxy groups -OCH3 is 1. The molecule has 0 radical (unpaired) electrons. The lowest BCUT2D eigenvalue weighted by Gasteiger charge is -2.19. The van der Waals surface area contributed by atoms with Crippen molar-refractivity contribution in [3.05, 3.63) is 0 Å². The van der Waals surface area contributed by atoms with Crippen LogP contribution in [0, 0.1) is 0 Å². The number of hydrogen-bond donors (Lipinski definition) is 3. The lowest BCUT2D eigenvalue weighted by atomic mass is 10.3. The number of amides is 3. The number of urea groups is 1. The van der Waals surface area contributed by atoms with E-state index >= 15 is 0 Å². The van der Waals surface area contributed by atoms with E-state index < -0.39 is 18.0 Å². The summed E-state index contributed by atoms with van der Waals surface area (Å²) in [4.78, 5) is 34.4. The Kier molecular flexibility index (Phi) is 7.45. The zero-order valence-corrected chi connectivity index (χ0v) is 10.7. The maximum Gasteiger partial charge on any atom is 0.325 e. The minimum absolute atomic E-state index is 0.151. The molecule has 0 spiro atoms. The first-order valence-electron chi connectivity index (χ1n) is 5.38. The third-order valence-electron chi connectivity index (χ3n) is 2.07. The molecule has 8 nitrogen and oxygen atoms in total. The van der Waals surface area contributed by atoms with Gasteiger partial charge >= 0.3 is 12.0 Å². The molecule has 1 atom stereocenters. The topological polar surface area (TPSA) is 108 Å². The fourth-order valence-corrected chi connectivity index (χ4v) is 0.993. The van der Waals surface area contributed by atoms with E-state index in [-0.39, 0.29) is 12.5 Å². The van der Waals surface area contributed by atoms with Gasteiger partial charge in [0.25, 0.3) is 0 Å². The summed E-state index contributed by atoms with van der Waals surface area (Å²) in [7, 11) is 2.92. The lowest BCUT2D eigenvalue weighted by molar-refractivity contribution is -0.138. The predicted molar refractivity (Wildman–Crippen MR) is 63.1 cm³/mol. The van der Waals surface area contributed by atoms with Crippen LogP contribution < -0.4 is 10.6 Å². The molecular formula is C10H19N3O5. The number of carbonyl (C=O) groups excluding carboxylic acids is 2. The van der Waals surface area contributed by atoms with Crippen LogP contribution in [0.1, 0.15) is 6.92 Å². The molecule has 0 aromatic rings. The Bertz CT molecular complexity index is 308. The molecule has 0 rings (SSSR count). The van der Waals surface area contributed by atoms with E-state index in [0.717, 1.165) is 4.90 Å². The van der Waals surface area contributed by atoms with Gasteiger partial charge in [-0.3, -0.25) is 9.59 Å². The van der Waals surface area contributed by atoms with Crippen LogP contribution in [0.3, 0.4) is 0 Å². The molecule has 0 saturated heterocycles. The van der Waals surface area contributed by atoms with Gasteiger partial charge in [-0.2, -0.15) is 0 Å². The first-order chi connectivity index (χ1) is 8.38. The van der Waals surface area contributed by atoms with E-state index in [4.69, 9.17) is 9.84 Å². The standard InChI is InChI=1S/C10H19N3O5/c1-7(9(15)16)12-10(17)13(2)6-8(14)11-4-5-18-3/h7H,4-6H2,1-3H3,(H,11,14)(H,12,17)(H,15,16). The number of ether oxygens (including phenoxy) is 1. The van der Waals surface area contributed by atoms with Crippen molar-refractivity contribution in [2.24, 2.45) is 0 Å². The summed E-state index contributed by atoms with van der Waals surface area (Å²) in [6.45, 7) is 1.93. The Labute approximate surface area is 105 Å². The summed E-state index contributed by atoms with van der Waals surface area (Å²) >= 11 is 0. The van der Waals surface area contributed by atoms with Crippen LogP contribution in [0.2, 0.25) is 0 Å². The summed E-state index contributed by atoms with van der Waals surface area (Å²) in [6, 6.07) is -1.62. The number of carboxylic acid groups (broad SMARTS) is 1. The summed E-state index contributed by atoms with van der Waals surface area (Å²) in [5.74, 6) is -1.48. The molecule has 0 fully saturated rings. The van der Waals surface area contributed by atoms with Crippen LogP contribution in [0.4, 0.5) is 4.79 Å². The van der Waals surface area contributed by atoms with Crippen molar-refractivity contribution in [3.63, 3.8) is 0 Å². The van der Waals surface area contributed by atoms with Crippen molar-refractivity contribution in [1.82, 2.24) is 15.5 Å². The van der Waals surface area contributed by atoms with E-state index in [1.807, 2.05) is 0 Å². The molecular weight excluding hydrogens is 242 g/mol. The number of likely N-dealkylation sites (N-methyl/N-ethyl adjacent to an activating group) is 1. The molecule has 0 aromatic heterocycles. The highest BCUT2D eigenvalue weighted by molar-refractivity contribution is 5.86. The smallest absolute Gasteiger partial charge is 0.325 e. The van der Waals surface area contributed by atoms with Gasteiger partial charge in [0.15, 0.2) is 0 Å². The largest absolute Gasteiger partial charge is 0.480 e. The second-order valence-electron chi connectivity index (χ2n) is 3.71. The zero-order chi connectivity index (χ0) is 14.1. The van der Waals surface area contributed by atoms with Crippen LogP contribution in [0.25, 0.3) is 0 Å². The molecule has 1 unspecified atom stereocenters. The highest BCUT2D eigenvalue weighted by Crippen LogP contribution is 1.88. The van der Waals surface area contributed by atoms with E-state index in [0.29, 0.717) is 13.2 Å². The van der Waals surface area contributed by atoms with Gasteiger partial charge in [0, 0.05) is 20.7 Å². The normalized spacial score (nSPS) is 11.5. The fraction of sp³-hybridized carbons (Fsp3) is 0.700. The molecule has 0 aliphatic heterocycles. The molecule has 0 aliphatic carbocycles. The van der Waals surface area contributed by atoms with E-state index in [2.05, 4.69) is 10.6 Å². The Hall–Kier alpha value is -1.83. The van der Waals surface area contributed by atoms with Crippen molar-refractivity contribution < 1.29 is 24.2 Å². The molecule has 0 aromatic carbocycles. The molecule has 3 N–H and O–H groups in total. The average molecular weight is 261 g/mol. The van der Waals surface area contributed by atoms with Crippen molar-refractivity contribution in [2.45, 2.75) is 13.0 Å². The Morgan fingerprint density at radius 1 is 1.39 bits per heavy atom. The highest BCUT2D eigenvalue weighted by Gasteiger charge is 2.18. The minimum Gasteiger partial charge on any atom is -0.480 e. The Morgan fingerprint density at radius 2 is 2.00 bits per heavy atom. The molecule has 0 heterocycles. The fourth-order valence-electron chi connectivity index (χ4n) is 0.993. The Morgan fingerprint density at radius 3 is 2.50 bits per heavy atom. The van der Waals surface area contributed by atoms with Crippen LogP contribution in [0.15, 0.2) is 0 Å². The zero-order valence-electron chi connectivity index (χ0n) is 10.7. The lowest BCUT2D eigenvalue weighted by Crippen LogP contribution is -2.48. The average Bonchev–Trinajstić information content (AvgIpc) is 2.28. The van der Waals surface area contributed by atoms with E-state index in [9.17, 15) is 14.4 Å². The van der Waals surface area contributed by atoms with E-state index in [1.54, 1.807) is 0 Å². The van der Waals surface area contributed by atoms with Gasteiger partial charge in [-0.1, -0.05) is 0 Å². The second-order valence-corrected chi connectivity index (χ2v) is 3.71. The predicted octanol–water partition coefficient (Wildman–Crippen LogP) is -1.14. The highest BCUT2D eigenvalue weighted by atomic mass is 16.5. The van der Waals surface area contributed by atoms with Crippen LogP contribution in [-0.4, -0.2) is 67.8 Å². The van der Waals surface area contributed by atoms with Crippen LogP contribution in [0.5, 0.6) is 0 Å². The van der Waals surface area contributed by atoms with Gasteiger partial charge in [-0.25, -0.2) is 4.79 Å².